The Hall–Kier alpha value is -3.10. The van der Waals surface area contributed by atoms with Gasteiger partial charge in [-0.05, 0) is 49.2 Å². The van der Waals surface area contributed by atoms with Crippen molar-refractivity contribution in [2.24, 2.45) is 0 Å². The Balaban J connectivity index is 1.40. The molecule has 0 bridgehead atoms. The van der Waals surface area contributed by atoms with E-state index in [-0.39, 0.29) is 11.9 Å². The second kappa shape index (κ2) is 9.51. The predicted octanol–water partition coefficient (Wildman–Crippen LogP) is 5.84. The van der Waals surface area contributed by atoms with Gasteiger partial charge in [0, 0.05) is 23.4 Å². The van der Waals surface area contributed by atoms with Crippen LogP contribution in [-0.2, 0) is 4.79 Å². The standard InChI is InChI=1S/C27H25N3O3S2/c31-26-24(35-27(34)30(26)21-9-5-2-6-10-21)16-19-17-29(20-7-3-1-4-8-20)28-25(19)18-11-12-22-23(15-18)33-14-13-32-22/h1,3-4,7-8,11-12,15-17,21H,2,5-6,9-10,13-14H2/b24-16-. The van der Waals surface area contributed by atoms with Crippen molar-refractivity contribution < 1.29 is 14.3 Å². The third-order valence-electron chi connectivity index (χ3n) is 6.63. The van der Waals surface area contributed by atoms with Gasteiger partial charge in [-0.25, -0.2) is 4.68 Å². The van der Waals surface area contributed by atoms with E-state index in [9.17, 15) is 4.79 Å². The minimum Gasteiger partial charge on any atom is -0.486 e. The molecule has 1 saturated carbocycles. The number of hydrogen-bond donors (Lipinski definition) is 0. The number of carbonyl (C=O) groups is 1. The second-order valence-corrected chi connectivity index (χ2v) is 10.6. The molecule has 178 valence electrons. The van der Waals surface area contributed by atoms with E-state index in [1.54, 1.807) is 0 Å². The number of para-hydroxylation sites is 1. The Kier molecular flexibility index (Phi) is 6.08. The molecule has 6 nitrogen and oxygen atoms in total. The Bertz CT molecular complexity index is 1310. The maximum atomic E-state index is 13.4. The van der Waals surface area contributed by atoms with Crippen molar-refractivity contribution >= 4 is 40.3 Å². The fourth-order valence-corrected chi connectivity index (χ4v) is 6.29. The quantitative estimate of drug-likeness (QED) is 0.329. The summed E-state index contributed by atoms with van der Waals surface area (Å²) in [6, 6.07) is 16.0. The zero-order chi connectivity index (χ0) is 23.8. The molecule has 1 aromatic heterocycles. The van der Waals surface area contributed by atoms with Crippen LogP contribution in [0.2, 0.25) is 0 Å². The summed E-state index contributed by atoms with van der Waals surface area (Å²) in [5, 5.41) is 4.90. The van der Waals surface area contributed by atoms with E-state index in [1.165, 1.54) is 18.2 Å². The molecule has 1 aliphatic carbocycles. The average molecular weight is 504 g/mol. The minimum absolute atomic E-state index is 0.00693. The monoisotopic (exact) mass is 503 g/mol. The number of aromatic nitrogens is 2. The van der Waals surface area contributed by atoms with Gasteiger partial charge in [-0.3, -0.25) is 9.69 Å². The molecule has 8 heteroatoms. The van der Waals surface area contributed by atoms with Crippen LogP contribution in [0.25, 0.3) is 23.0 Å². The molecule has 6 rings (SSSR count). The van der Waals surface area contributed by atoms with Gasteiger partial charge < -0.3 is 9.47 Å². The zero-order valence-electron chi connectivity index (χ0n) is 19.2. The molecule has 2 aliphatic heterocycles. The predicted molar refractivity (Wildman–Crippen MR) is 142 cm³/mol. The third kappa shape index (κ3) is 4.36. The average Bonchev–Trinajstić information content (AvgIpc) is 3.45. The van der Waals surface area contributed by atoms with E-state index in [0.29, 0.717) is 28.2 Å². The Morgan fingerprint density at radius 1 is 1.00 bits per heavy atom. The summed E-state index contributed by atoms with van der Waals surface area (Å²) in [6.07, 6.45) is 9.48. The van der Waals surface area contributed by atoms with Gasteiger partial charge in [0.1, 0.15) is 23.2 Å². The first-order chi connectivity index (χ1) is 17.2. The first-order valence-electron chi connectivity index (χ1n) is 12.0. The molecule has 3 aliphatic rings. The molecule has 1 amide bonds. The lowest BCUT2D eigenvalue weighted by molar-refractivity contribution is -0.124. The van der Waals surface area contributed by atoms with Gasteiger partial charge in [-0.15, -0.1) is 0 Å². The van der Waals surface area contributed by atoms with Crippen molar-refractivity contribution in [3.05, 3.63) is 65.2 Å². The highest BCUT2D eigenvalue weighted by Crippen LogP contribution is 2.40. The lowest BCUT2D eigenvalue weighted by Gasteiger charge is -2.29. The van der Waals surface area contributed by atoms with Crippen molar-refractivity contribution in [3.8, 4) is 28.4 Å². The molecule has 1 saturated heterocycles. The van der Waals surface area contributed by atoms with Crippen molar-refractivity contribution in [2.75, 3.05) is 13.2 Å². The van der Waals surface area contributed by atoms with Gasteiger partial charge in [0.15, 0.2) is 11.5 Å². The summed E-state index contributed by atoms with van der Waals surface area (Å²) in [4.78, 5) is 15.9. The van der Waals surface area contributed by atoms with Crippen molar-refractivity contribution in [1.29, 1.82) is 0 Å². The summed E-state index contributed by atoms with van der Waals surface area (Å²) in [7, 11) is 0. The van der Waals surface area contributed by atoms with E-state index in [2.05, 4.69) is 0 Å². The van der Waals surface area contributed by atoms with Gasteiger partial charge in [0.25, 0.3) is 5.91 Å². The Labute approximate surface area is 213 Å². The van der Waals surface area contributed by atoms with Gasteiger partial charge >= 0.3 is 0 Å². The summed E-state index contributed by atoms with van der Waals surface area (Å²) in [5.74, 6) is 1.45. The lowest BCUT2D eigenvalue weighted by atomic mass is 9.94. The SMILES string of the molecule is O=C1/C(=C/c2cn(-c3ccccc3)nc2-c2ccc3c(c2)OCCO3)SC(=S)N1C1CCCCC1. The van der Waals surface area contributed by atoms with Crippen LogP contribution in [-0.4, -0.2) is 44.2 Å². The number of benzene rings is 2. The lowest BCUT2D eigenvalue weighted by Crippen LogP contribution is -2.39. The molecular weight excluding hydrogens is 478 g/mol. The number of carbonyl (C=O) groups excluding carboxylic acids is 1. The maximum Gasteiger partial charge on any atom is 0.266 e. The van der Waals surface area contributed by atoms with Crippen LogP contribution in [0.1, 0.15) is 37.7 Å². The summed E-state index contributed by atoms with van der Waals surface area (Å²) >= 11 is 7.03. The van der Waals surface area contributed by atoms with Crippen LogP contribution in [0.15, 0.2) is 59.6 Å². The van der Waals surface area contributed by atoms with E-state index in [1.807, 2.05) is 70.4 Å². The van der Waals surface area contributed by atoms with Gasteiger partial charge in [-0.1, -0.05) is 61.4 Å². The number of amides is 1. The number of ether oxygens (including phenoxy) is 2. The van der Waals surface area contributed by atoms with E-state index >= 15 is 0 Å². The third-order valence-corrected chi connectivity index (χ3v) is 7.96. The van der Waals surface area contributed by atoms with E-state index < -0.39 is 0 Å². The van der Waals surface area contributed by atoms with Crippen molar-refractivity contribution in [3.63, 3.8) is 0 Å². The van der Waals surface area contributed by atoms with Crippen molar-refractivity contribution in [1.82, 2.24) is 14.7 Å². The van der Waals surface area contributed by atoms with Gasteiger partial charge in [0.2, 0.25) is 0 Å². The molecule has 3 aromatic rings. The fourth-order valence-electron chi connectivity index (χ4n) is 4.90. The maximum absolute atomic E-state index is 13.4. The molecular formula is C27H25N3O3S2. The number of hydrogen-bond acceptors (Lipinski definition) is 6. The molecule has 0 atom stereocenters. The summed E-state index contributed by atoms with van der Waals surface area (Å²) in [6.45, 7) is 1.06. The number of thiocarbonyl (C=S) groups is 1. The van der Waals surface area contributed by atoms with Crippen LogP contribution < -0.4 is 9.47 Å². The number of thioether (sulfide) groups is 1. The largest absolute Gasteiger partial charge is 0.486 e. The number of rotatable bonds is 4. The smallest absolute Gasteiger partial charge is 0.266 e. The number of nitrogens with zero attached hydrogens (tertiary/aromatic N) is 3. The molecule has 2 fully saturated rings. The highest BCUT2D eigenvalue weighted by Gasteiger charge is 2.37. The highest BCUT2D eigenvalue weighted by atomic mass is 32.2. The Morgan fingerprint density at radius 2 is 1.77 bits per heavy atom. The molecule has 35 heavy (non-hydrogen) atoms. The summed E-state index contributed by atoms with van der Waals surface area (Å²) < 4.78 is 14.0. The second-order valence-electron chi connectivity index (χ2n) is 8.92. The molecule has 0 N–H and O–H groups in total. The highest BCUT2D eigenvalue weighted by molar-refractivity contribution is 8.26. The first-order valence-corrected chi connectivity index (χ1v) is 13.2. The van der Waals surface area contributed by atoms with Crippen LogP contribution in [0.3, 0.4) is 0 Å². The van der Waals surface area contributed by atoms with E-state index in [4.69, 9.17) is 26.8 Å². The van der Waals surface area contributed by atoms with Crippen molar-refractivity contribution in [2.45, 2.75) is 38.1 Å². The van der Waals surface area contributed by atoms with Crippen LogP contribution in [0.5, 0.6) is 11.5 Å². The normalized spacial score (nSPS) is 19.5. The topological polar surface area (TPSA) is 56.6 Å². The molecule has 0 unspecified atom stereocenters. The molecule has 0 radical (unpaired) electrons. The molecule has 2 aromatic carbocycles. The van der Waals surface area contributed by atoms with E-state index in [0.717, 1.165) is 53.9 Å². The van der Waals surface area contributed by atoms with Gasteiger partial charge in [0.05, 0.1) is 10.6 Å². The fraction of sp³-hybridized carbons (Fsp3) is 0.296. The van der Waals surface area contributed by atoms with Crippen LogP contribution >= 0.6 is 24.0 Å². The number of fused-ring (bicyclic) bond motifs is 1. The zero-order valence-corrected chi connectivity index (χ0v) is 20.8. The van der Waals surface area contributed by atoms with Crippen LogP contribution in [0.4, 0.5) is 0 Å². The summed E-state index contributed by atoms with van der Waals surface area (Å²) in [5.41, 5.74) is 3.47. The first kappa shape index (κ1) is 22.4. The van der Waals surface area contributed by atoms with Crippen LogP contribution in [0, 0.1) is 0 Å². The van der Waals surface area contributed by atoms with Gasteiger partial charge in [-0.2, -0.15) is 5.10 Å². The molecule has 0 spiro atoms. The minimum atomic E-state index is 0.00693. The molecule has 3 heterocycles. The Morgan fingerprint density at radius 3 is 2.57 bits per heavy atom.